The highest BCUT2D eigenvalue weighted by molar-refractivity contribution is 6.61. The molecular weight excluding hydrogens is 314 g/mol. The van der Waals surface area contributed by atoms with E-state index in [9.17, 15) is 5.02 Å². The van der Waals surface area contributed by atoms with Gasteiger partial charge in [0.25, 0.3) is 0 Å². The number of nitrogens with one attached hydrogen (secondary N) is 1. The molecule has 0 saturated carbocycles. The average molecular weight is 331 g/mol. The SMILES string of the molecule is CCC1CN1c1nc(Nc2ccc3c(c2)COB3O)ncc1Cl. The lowest BCUT2D eigenvalue weighted by molar-refractivity contribution is 0.275. The maximum atomic E-state index is 9.66. The standard InChI is InChI=1S/C15H16BClN4O2/c1-2-11-7-21(11)14-13(17)6-18-15(20-14)19-10-3-4-12-9(5-10)8-23-16(12)22/h3-6,11,22H,2,7-8H2,1H3,(H,18,19,20). The van der Waals surface area contributed by atoms with E-state index in [0.717, 1.165) is 35.5 Å². The van der Waals surface area contributed by atoms with Gasteiger partial charge in [0.15, 0.2) is 5.82 Å². The van der Waals surface area contributed by atoms with E-state index in [1.54, 1.807) is 6.20 Å². The maximum absolute atomic E-state index is 9.66. The molecule has 2 aromatic rings. The molecule has 6 nitrogen and oxygen atoms in total. The fraction of sp³-hybridized carbons (Fsp3) is 0.333. The van der Waals surface area contributed by atoms with Crippen molar-refractivity contribution in [1.82, 2.24) is 9.97 Å². The quantitative estimate of drug-likeness (QED) is 0.657. The first-order valence-electron chi connectivity index (χ1n) is 7.64. The van der Waals surface area contributed by atoms with Crippen molar-refractivity contribution in [2.75, 3.05) is 16.8 Å². The fourth-order valence-corrected chi connectivity index (χ4v) is 3.05. The summed E-state index contributed by atoms with van der Waals surface area (Å²) in [7, 11) is -0.828. The van der Waals surface area contributed by atoms with E-state index < -0.39 is 7.12 Å². The number of nitrogens with zero attached hydrogens (tertiary/aromatic N) is 3. The zero-order chi connectivity index (χ0) is 16.0. The molecular formula is C15H16BClN4O2. The first-order chi connectivity index (χ1) is 11.2. The molecule has 2 aliphatic heterocycles. The van der Waals surface area contributed by atoms with Gasteiger partial charge in [-0.05, 0) is 29.6 Å². The molecule has 2 N–H and O–H groups in total. The van der Waals surface area contributed by atoms with Crippen molar-refractivity contribution in [3.8, 4) is 0 Å². The third kappa shape index (κ3) is 2.76. The van der Waals surface area contributed by atoms with E-state index in [4.69, 9.17) is 16.3 Å². The van der Waals surface area contributed by atoms with Gasteiger partial charge in [-0.2, -0.15) is 4.98 Å². The topological polar surface area (TPSA) is 70.3 Å². The van der Waals surface area contributed by atoms with Crippen LogP contribution in [0.1, 0.15) is 18.9 Å². The summed E-state index contributed by atoms with van der Waals surface area (Å²) < 4.78 is 5.20. The predicted octanol–water partition coefficient (Wildman–Crippen LogP) is 1.69. The average Bonchev–Trinajstić information content (AvgIpc) is 3.26. The molecule has 1 atom stereocenters. The number of hydrogen-bond donors (Lipinski definition) is 2. The molecule has 8 heteroatoms. The van der Waals surface area contributed by atoms with Gasteiger partial charge >= 0.3 is 7.12 Å². The minimum Gasteiger partial charge on any atom is -0.423 e. The molecule has 1 saturated heterocycles. The molecule has 23 heavy (non-hydrogen) atoms. The van der Waals surface area contributed by atoms with E-state index in [-0.39, 0.29) is 0 Å². The van der Waals surface area contributed by atoms with Crippen LogP contribution in [-0.4, -0.2) is 34.7 Å². The zero-order valence-corrected chi connectivity index (χ0v) is 13.4. The Morgan fingerprint density at radius 1 is 1.52 bits per heavy atom. The summed E-state index contributed by atoms with van der Waals surface area (Å²) in [6.07, 6.45) is 2.70. The van der Waals surface area contributed by atoms with E-state index >= 15 is 0 Å². The van der Waals surface area contributed by atoms with Crippen LogP contribution in [0.15, 0.2) is 24.4 Å². The summed E-state index contributed by atoms with van der Waals surface area (Å²) in [4.78, 5) is 10.9. The van der Waals surface area contributed by atoms with E-state index in [2.05, 4.69) is 27.1 Å². The number of hydrogen-bond acceptors (Lipinski definition) is 6. The molecule has 1 fully saturated rings. The molecule has 0 amide bonds. The van der Waals surface area contributed by atoms with E-state index in [1.807, 2.05) is 18.2 Å². The van der Waals surface area contributed by atoms with Crippen LogP contribution in [0.4, 0.5) is 17.5 Å². The summed E-state index contributed by atoms with van der Waals surface area (Å²) in [5, 5.41) is 13.4. The molecule has 2 aliphatic rings. The number of benzene rings is 1. The van der Waals surface area contributed by atoms with Gasteiger partial charge in [0.1, 0.15) is 5.02 Å². The monoisotopic (exact) mass is 330 g/mol. The second-order valence-corrected chi connectivity index (χ2v) is 6.19. The maximum Gasteiger partial charge on any atom is 0.491 e. The Balaban J connectivity index is 1.56. The third-order valence-corrected chi connectivity index (χ3v) is 4.51. The van der Waals surface area contributed by atoms with Crippen molar-refractivity contribution < 1.29 is 9.68 Å². The number of anilines is 3. The fourth-order valence-electron chi connectivity index (χ4n) is 2.85. The van der Waals surface area contributed by atoms with Crippen LogP contribution < -0.4 is 15.7 Å². The van der Waals surface area contributed by atoms with Crippen LogP contribution in [0.3, 0.4) is 0 Å². The first kappa shape index (κ1) is 14.7. The van der Waals surface area contributed by atoms with Gasteiger partial charge in [-0.3, -0.25) is 0 Å². The second kappa shape index (κ2) is 5.67. The van der Waals surface area contributed by atoms with Crippen LogP contribution in [0.25, 0.3) is 0 Å². The Bertz CT molecular complexity index is 760. The van der Waals surface area contributed by atoms with E-state index in [0.29, 0.717) is 23.6 Å². The highest BCUT2D eigenvalue weighted by atomic mass is 35.5. The molecule has 1 aromatic heterocycles. The Morgan fingerprint density at radius 2 is 2.39 bits per heavy atom. The molecule has 1 unspecified atom stereocenters. The van der Waals surface area contributed by atoms with Crippen molar-refractivity contribution in [1.29, 1.82) is 0 Å². The van der Waals surface area contributed by atoms with Crippen LogP contribution in [0.2, 0.25) is 5.02 Å². The summed E-state index contributed by atoms with van der Waals surface area (Å²) in [5.74, 6) is 1.28. The van der Waals surface area contributed by atoms with Gasteiger partial charge in [-0.1, -0.05) is 24.6 Å². The Morgan fingerprint density at radius 3 is 3.17 bits per heavy atom. The van der Waals surface area contributed by atoms with E-state index in [1.165, 1.54) is 0 Å². The molecule has 0 radical (unpaired) electrons. The Kier molecular flexibility index (Phi) is 3.63. The smallest absolute Gasteiger partial charge is 0.423 e. The lowest BCUT2D eigenvalue weighted by Crippen LogP contribution is -2.27. The van der Waals surface area contributed by atoms with Crippen molar-refractivity contribution >= 4 is 41.6 Å². The number of halogens is 1. The van der Waals surface area contributed by atoms with Gasteiger partial charge in [-0.15, -0.1) is 0 Å². The minimum absolute atomic E-state index is 0.407. The molecule has 4 rings (SSSR count). The highest BCUT2D eigenvalue weighted by Crippen LogP contribution is 2.34. The summed E-state index contributed by atoms with van der Waals surface area (Å²) in [6.45, 7) is 3.55. The largest absolute Gasteiger partial charge is 0.491 e. The second-order valence-electron chi connectivity index (χ2n) is 5.78. The molecule has 0 bridgehead atoms. The van der Waals surface area contributed by atoms with Crippen LogP contribution in [0, 0.1) is 0 Å². The highest BCUT2D eigenvalue weighted by Gasteiger charge is 2.35. The van der Waals surface area contributed by atoms with Crippen molar-refractivity contribution in [2.24, 2.45) is 0 Å². The van der Waals surface area contributed by atoms with Crippen molar-refractivity contribution in [2.45, 2.75) is 26.0 Å². The van der Waals surface area contributed by atoms with Crippen LogP contribution in [-0.2, 0) is 11.3 Å². The van der Waals surface area contributed by atoms with Crippen molar-refractivity contribution in [3.63, 3.8) is 0 Å². The summed E-state index contributed by atoms with van der Waals surface area (Å²) in [6, 6.07) is 6.19. The number of fused-ring (bicyclic) bond motifs is 1. The molecule has 0 aliphatic carbocycles. The van der Waals surface area contributed by atoms with Gasteiger partial charge in [0, 0.05) is 18.3 Å². The first-order valence-corrected chi connectivity index (χ1v) is 8.02. The molecule has 0 spiro atoms. The third-order valence-electron chi connectivity index (χ3n) is 4.25. The lowest BCUT2D eigenvalue weighted by Gasteiger charge is -2.10. The van der Waals surface area contributed by atoms with Gasteiger partial charge < -0.3 is 19.9 Å². The Labute approximate surface area is 139 Å². The number of rotatable bonds is 4. The predicted molar refractivity (Wildman–Crippen MR) is 90.6 cm³/mol. The number of aromatic nitrogens is 2. The summed E-state index contributed by atoms with van der Waals surface area (Å²) >= 11 is 6.21. The normalized spacial score (nSPS) is 19.0. The molecule has 1 aromatic carbocycles. The molecule has 3 heterocycles. The zero-order valence-electron chi connectivity index (χ0n) is 12.7. The van der Waals surface area contributed by atoms with Gasteiger partial charge in [0.05, 0.1) is 12.8 Å². The van der Waals surface area contributed by atoms with Gasteiger partial charge in [-0.25, -0.2) is 4.98 Å². The Hall–Kier alpha value is -1.83. The van der Waals surface area contributed by atoms with Crippen LogP contribution in [0.5, 0.6) is 0 Å². The lowest BCUT2D eigenvalue weighted by atomic mass is 9.79. The molecule has 118 valence electrons. The minimum atomic E-state index is -0.828. The summed E-state index contributed by atoms with van der Waals surface area (Å²) in [5.41, 5.74) is 2.63. The van der Waals surface area contributed by atoms with Crippen molar-refractivity contribution in [3.05, 3.63) is 35.0 Å². The van der Waals surface area contributed by atoms with Gasteiger partial charge in [0.2, 0.25) is 5.95 Å². The van der Waals surface area contributed by atoms with Crippen LogP contribution >= 0.6 is 11.6 Å².